The molecule has 3 nitrogen and oxygen atoms in total. The maximum absolute atomic E-state index is 12.5. The van der Waals surface area contributed by atoms with Crippen LogP contribution in [0.3, 0.4) is 0 Å². The molecular weight excluding hydrogens is 464 g/mol. The van der Waals surface area contributed by atoms with Crippen molar-refractivity contribution in [1.82, 2.24) is 5.32 Å². The Kier molecular flexibility index (Phi) is 5.16. The highest BCUT2D eigenvalue weighted by atomic mass is 79.9. The number of thioether (sulfide) groups is 1. The van der Waals surface area contributed by atoms with E-state index in [1.54, 1.807) is 12.1 Å². The van der Waals surface area contributed by atoms with Gasteiger partial charge in [-0.2, -0.15) is 0 Å². The fourth-order valence-corrected chi connectivity index (χ4v) is 4.85. The maximum Gasteiger partial charge on any atom is 0.255 e. The number of nitrogens with one attached hydrogen (secondary N) is 1. The number of hydrogen-bond donors (Lipinski definition) is 1. The number of aliphatic imine (C=N–C) groups is 1. The summed E-state index contributed by atoms with van der Waals surface area (Å²) in [5.41, 5.74) is 1.63. The van der Waals surface area contributed by atoms with Gasteiger partial charge in [0.2, 0.25) is 0 Å². The zero-order valence-corrected chi connectivity index (χ0v) is 16.4. The van der Waals surface area contributed by atoms with E-state index in [0.29, 0.717) is 15.9 Å². The number of carbonyl (C=O) groups is 1. The van der Waals surface area contributed by atoms with Crippen molar-refractivity contribution in [2.45, 2.75) is 8.48 Å². The number of amidine groups is 1. The molecule has 0 aliphatic carbocycles. The summed E-state index contributed by atoms with van der Waals surface area (Å²) in [4.78, 5) is 16.7. The van der Waals surface area contributed by atoms with Crippen LogP contribution < -0.4 is 5.32 Å². The van der Waals surface area contributed by atoms with Crippen LogP contribution in [0.4, 0.5) is 5.69 Å². The second-order valence-corrected chi connectivity index (χ2v) is 9.18. The molecule has 0 spiro atoms. The number of para-hydroxylation sites is 1. The number of alkyl halides is 2. The van der Waals surface area contributed by atoms with Gasteiger partial charge in [0.05, 0.1) is 15.5 Å². The number of carbonyl (C=O) groups excluding carboxylic acids is 1. The Morgan fingerprint density at radius 1 is 1.13 bits per heavy atom. The van der Waals surface area contributed by atoms with E-state index in [0.717, 1.165) is 5.56 Å². The predicted octanol–water partition coefficient (Wildman–Crippen LogP) is 5.42. The zero-order valence-electron chi connectivity index (χ0n) is 11.7. The lowest BCUT2D eigenvalue weighted by molar-refractivity contribution is -0.119. The van der Waals surface area contributed by atoms with Crippen LogP contribution in [-0.4, -0.2) is 14.7 Å². The summed E-state index contributed by atoms with van der Waals surface area (Å²) in [6, 6.07) is 17.0. The monoisotopic (exact) mass is 472 g/mol. The van der Waals surface area contributed by atoms with E-state index >= 15 is 0 Å². The molecule has 0 radical (unpaired) electrons. The molecular formula is C16H11Br2ClN2OS. The molecule has 1 amide bonds. The summed E-state index contributed by atoms with van der Waals surface area (Å²) in [6.45, 7) is 0. The minimum atomic E-state index is -0.867. The summed E-state index contributed by atoms with van der Waals surface area (Å²) in [5.74, 6) is -0.154. The lowest BCUT2D eigenvalue weighted by atomic mass is 10.1. The molecule has 2 atom stereocenters. The molecule has 7 heteroatoms. The van der Waals surface area contributed by atoms with Crippen LogP contribution >= 0.6 is 55.2 Å². The van der Waals surface area contributed by atoms with Gasteiger partial charge in [-0.25, -0.2) is 4.99 Å². The Balaban J connectivity index is 1.89. The number of halogens is 3. The van der Waals surface area contributed by atoms with E-state index in [4.69, 9.17) is 11.6 Å². The summed E-state index contributed by atoms with van der Waals surface area (Å²) in [7, 11) is 0. The van der Waals surface area contributed by atoms with Crippen LogP contribution in [0.5, 0.6) is 0 Å². The van der Waals surface area contributed by atoms with Gasteiger partial charge >= 0.3 is 0 Å². The van der Waals surface area contributed by atoms with E-state index in [1.165, 1.54) is 11.8 Å². The second kappa shape index (κ2) is 6.97. The lowest BCUT2D eigenvalue weighted by Crippen LogP contribution is -2.34. The first-order valence-corrected chi connectivity index (χ1v) is 9.62. The number of benzene rings is 2. The van der Waals surface area contributed by atoms with Gasteiger partial charge in [-0.1, -0.05) is 97.7 Å². The third-order valence-corrected chi connectivity index (χ3v) is 8.13. The van der Waals surface area contributed by atoms with Crippen LogP contribution in [0, 0.1) is 0 Å². The highest BCUT2D eigenvalue weighted by molar-refractivity contribution is 9.14. The third kappa shape index (κ3) is 3.50. The zero-order chi connectivity index (χ0) is 16.4. The summed E-state index contributed by atoms with van der Waals surface area (Å²) >= 11 is 14.6. The summed E-state index contributed by atoms with van der Waals surface area (Å²) in [6.07, 6.45) is 0. The van der Waals surface area contributed by atoms with Crippen LogP contribution in [0.15, 0.2) is 59.6 Å². The number of hydrogen-bond acceptors (Lipinski definition) is 3. The number of amides is 1. The Morgan fingerprint density at radius 3 is 2.48 bits per heavy atom. The molecule has 0 aromatic heterocycles. The maximum atomic E-state index is 12.5. The smallest absolute Gasteiger partial charge is 0.255 e. The van der Waals surface area contributed by atoms with Crippen molar-refractivity contribution in [3.63, 3.8) is 0 Å². The normalized spacial score (nSPS) is 23.8. The molecule has 1 heterocycles. The Bertz CT molecular complexity index is 772. The molecule has 1 aliphatic heterocycles. The lowest BCUT2D eigenvalue weighted by Gasteiger charge is -2.23. The molecule has 1 N–H and O–H groups in total. The van der Waals surface area contributed by atoms with Gasteiger partial charge in [-0.15, -0.1) is 0 Å². The quantitative estimate of drug-likeness (QED) is 0.604. The fourth-order valence-electron chi connectivity index (χ4n) is 2.10. The Hall–Kier alpha value is -0.820. The fraction of sp³-hybridized carbons (Fsp3) is 0.125. The van der Waals surface area contributed by atoms with Crippen LogP contribution in [0.2, 0.25) is 5.02 Å². The Morgan fingerprint density at radius 2 is 1.78 bits per heavy atom. The van der Waals surface area contributed by atoms with E-state index in [9.17, 15) is 4.79 Å². The molecule has 3 rings (SSSR count). The molecule has 23 heavy (non-hydrogen) atoms. The van der Waals surface area contributed by atoms with Gasteiger partial charge < -0.3 is 5.32 Å². The van der Waals surface area contributed by atoms with Crippen LogP contribution in [-0.2, 0) is 4.79 Å². The van der Waals surface area contributed by atoms with Crippen molar-refractivity contribution < 1.29 is 4.79 Å². The molecule has 1 saturated heterocycles. The van der Waals surface area contributed by atoms with Crippen molar-refractivity contribution in [2.75, 3.05) is 0 Å². The highest BCUT2D eigenvalue weighted by Crippen LogP contribution is 2.51. The third-order valence-electron chi connectivity index (χ3n) is 3.27. The molecule has 0 saturated carbocycles. The molecule has 0 unspecified atom stereocenters. The van der Waals surface area contributed by atoms with Gasteiger partial charge in [0.15, 0.2) is 8.82 Å². The van der Waals surface area contributed by atoms with Crippen molar-refractivity contribution in [3.8, 4) is 0 Å². The molecule has 0 bridgehead atoms. The van der Waals surface area contributed by atoms with Crippen molar-refractivity contribution in [1.29, 1.82) is 0 Å². The first-order chi connectivity index (χ1) is 11.0. The van der Waals surface area contributed by atoms with Gasteiger partial charge in [-0.05, 0) is 17.7 Å². The van der Waals surface area contributed by atoms with Gasteiger partial charge in [0, 0.05) is 0 Å². The standard InChI is InChI=1S/C16H11Br2ClN2OS/c17-13(10-6-2-1-3-7-10)16(18)14(22)21-15(23-16)20-12-9-5-4-8-11(12)19/h1-9,13H,(H,20,21,22)/t13-,16+/m1/s1. The summed E-state index contributed by atoms with van der Waals surface area (Å²) in [5, 5.41) is 3.87. The minimum Gasteiger partial charge on any atom is -0.303 e. The Labute approximate surface area is 160 Å². The molecule has 118 valence electrons. The molecule has 1 fully saturated rings. The van der Waals surface area contributed by atoms with Crippen LogP contribution in [0.25, 0.3) is 0 Å². The number of nitrogens with zero attached hydrogens (tertiary/aromatic N) is 1. The first-order valence-electron chi connectivity index (χ1n) is 6.72. The van der Waals surface area contributed by atoms with E-state index < -0.39 is 3.66 Å². The van der Waals surface area contributed by atoms with Crippen molar-refractivity contribution >= 4 is 72.0 Å². The number of rotatable bonds is 3. The summed E-state index contributed by atoms with van der Waals surface area (Å²) < 4.78 is -0.867. The van der Waals surface area contributed by atoms with Gasteiger partial charge in [0.1, 0.15) is 0 Å². The average Bonchev–Trinajstić information content (AvgIpc) is 2.85. The van der Waals surface area contributed by atoms with Crippen molar-refractivity contribution in [3.05, 3.63) is 65.2 Å². The predicted molar refractivity (Wildman–Crippen MR) is 104 cm³/mol. The topological polar surface area (TPSA) is 41.5 Å². The average molecular weight is 475 g/mol. The minimum absolute atomic E-state index is 0.154. The van der Waals surface area contributed by atoms with Gasteiger partial charge in [0.25, 0.3) is 5.91 Å². The molecule has 2 aromatic carbocycles. The van der Waals surface area contributed by atoms with E-state index in [1.807, 2.05) is 42.5 Å². The van der Waals surface area contributed by atoms with Crippen LogP contribution in [0.1, 0.15) is 10.4 Å². The van der Waals surface area contributed by atoms with Gasteiger partial charge in [-0.3, -0.25) is 4.79 Å². The first kappa shape index (κ1) is 17.0. The van der Waals surface area contributed by atoms with E-state index in [2.05, 4.69) is 42.2 Å². The highest BCUT2D eigenvalue weighted by Gasteiger charge is 2.50. The molecule has 1 aliphatic rings. The largest absolute Gasteiger partial charge is 0.303 e. The second-order valence-electron chi connectivity index (χ2n) is 4.84. The molecule has 2 aromatic rings. The SMILES string of the molecule is O=C1NC(=Nc2ccccc2Cl)S[C@@]1(Br)[C@H](Br)c1ccccc1. The van der Waals surface area contributed by atoms with Crippen molar-refractivity contribution in [2.24, 2.45) is 4.99 Å². The van der Waals surface area contributed by atoms with E-state index in [-0.39, 0.29) is 10.7 Å².